The standard InChI is InChI=1S/C19H21N7O/c27-19-13-2-1-3-14-15(13)17(24-25-19)23-18(22-14)16(12-4-6-20-7-5-12)26-10-8-21-9-11-26/h1-7,16,19,21,25,27H,8-11H2,(H,22,23,24). The molecule has 8 heteroatoms. The van der Waals surface area contributed by atoms with E-state index < -0.39 is 6.23 Å². The van der Waals surface area contributed by atoms with Crippen LogP contribution in [0.4, 0.5) is 5.82 Å². The lowest BCUT2D eigenvalue weighted by Gasteiger charge is -2.34. The van der Waals surface area contributed by atoms with Crippen molar-refractivity contribution >= 4 is 16.7 Å². The molecule has 27 heavy (non-hydrogen) atoms. The van der Waals surface area contributed by atoms with Gasteiger partial charge in [-0.15, -0.1) is 0 Å². The molecule has 2 unspecified atom stereocenters. The van der Waals surface area contributed by atoms with E-state index in [9.17, 15) is 5.11 Å². The summed E-state index contributed by atoms with van der Waals surface area (Å²) in [5.41, 5.74) is 8.64. The Balaban J connectivity index is 1.67. The van der Waals surface area contributed by atoms with Crippen molar-refractivity contribution in [3.63, 3.8) is 0 Å². The second-order valence-electron chi connectivity index (χ2n) is 6.81. The van der Waals surface area contributed by atoms with E-state index in [1.165, 1.54) is 0 Å². The lowest BCUT2D eigenvalue weighted by molar-refractivity contribution is 0.148. The molecule has 8 nitrogen and oxygen atoms in total. The van der Waals surface area contributed by atoms with Gasteiger partial charge in [-0.1, -0.05) is 12.1 Å². The number of hydrogen-bond donors (Lipinski definition) is 4. The second-order valence-corrected chi connectivity index (χ2v) is 6.81. The van der Waals surface area contributed by atoms with Gasteiger partial charge in [0, 0.05) is 44.1 Å². The van der Waals surface area contributed by atoms with Crippen LogP contribution in [0.15, 0.2) is 42.7 Å². The number of benzene rings is 1. The zero-order valence-electron chi connectivity index (χ0n) is 14.8. The van der Waals surface area contributed by atoms with Gasteiger partial charge >= 0.3 is 0 Å². The van der Waals surface area contributed by atoms with Gasteiger partial charge in [-0.2, -0.15) is 0 Å². The molecule has 2 aliphatic rings. The lowest BCUT2D eigenvalue weighted by Crippen LogP contribution is -2.46. The molecule has 0 spiro atoms. The first-order valence-corrected chi connectivity index (χ1v) is 9.16. The summed E-state index contributed by atoms with van der Waals surface area (Å²) in [5, 5.41) is 14.4. The first-order chi connectivity index (χ1) is 13.3. The Morgan fingerprint density at radius 2 is 1.89 bits per heavy atom. The molecule has 138 valence electrons. The van der Waals surface area contributed by atoms with Crippen LogP contribution in [-0.2, 0) is 0 Å². The molecule has 1 aromatic carbocycles. The molecule has 4 N–H and O–H groups in total. The Morgan fingerprint density at radius 3 is 2.70 bits per heavy atom. The van der Waals surface area contributed by atoms with E-state index in [2.05, 4.69) is 26.1 Å². The molecular formula is C19H21N7O. The van der Waals surface area contributed by atoms with Gasteiger partial charge in [0.1, 0.15) is 6.23 Å². The number of pyridine rings is 1. The molecule has 1 saturated heterocycles. The van der Waals surface area contributed by atoms with E-state index in [0.717, 1.165) is 54.0 Å². The van der Waals surface area contributed by atoms with E-state index in [0.29, 0.717) is 5.82 Å². The van der Waals surface area contributed by atoms with E-state index in [1.54, 1.807) is 0 Å². The van der Waals surface area contributed by atoms with Crippen LogP contribution in [0.3, 0.4) is 0 Å². The topological polar surface area (TPSA) is 98.2 Å². The Bertz CT molecular complexity index is 959. The predicted molar refractivity (Wildman–Crippen MR) is 102 cm³/mol. The molecule has 0 aliphatic carbocycles. The first-order valence-electron chi connectivity index (χ1n) is 9.16. The number of nitrogens with one attached hydrogen (secondary N) is 3. The smallest absolute Gasteiger partial charge is 0.153 e. The minimum Gasteiger partial charge on any atom is -0.373 e. The van der Waals surface area contributed by atoms with Gasteiger partial charge in [-0.3, -0.25) is 9.88 Å². The highest BCUT2D eigenvalue weighted by Gasteiger charge is 2.29. The Hall–Kier alpha value is -2.65. The minimum atomic E-state index is -0.778. The predicted octanol–water partition coefficient (Wildman–Crippen LogP) is 0.940. The number of aliphatic hydroxyl groups excluding tert-OH is 1. The SMILES string of the molecule is OC1NNc2nc(C(c3ccncc3)N3CCNCC3)nc3cccc1c23. The van der Waals surface area contributed by atoms with Gasteiger partial charge in [-0.25, -0.2) is 15.4 Å². The van der Waals surface area contributed by atoms with Crippen LogP contribution in [0, 0.1) is 0 Å². The van der Waals surface area contributed by atoms with Crippen molar-refractivity contribution < 1.29 is 5.11 Å². The van der Waals surface area contributed by atoms with Gasteiger partial charge in [-0.05, 0) is 23.8 Å². The van der Waals surface area contributed by atoms with Gasteiger partial charge in [0.2, 0.25) is 0 Å². The van der Waals surface area contributed by atoms with Gasteiger partial charge < -0.3 is 15.8 Å². The highest BCUT2D eigenvalue weighted by molar-refractivity contribution is 5.93. The minimum absolute atomic E-state index is 0.0481. The van der Waals surface area contributed by atoms with Crippen molar-refractivity contribution in [1.29, 1.82) is 0 Å². The Labute approximate surface area is 156 Å². The maximum atomic E-state index is 10.2. The summed E-state index contributed by atoms with van der Waals surface area (Å²) in [7, 11) is 0. The third kappa shape index (κ3) is 2.92. The number of piperazine rings is 1. The fourth-order valence-corrected chi connectivity index (χ4v) is 3.89. The number of rotatable bonds is 3. The van der Waals surface area contributed by atoms with Crippen LogP contribution in [0.5, 0.6) is 0 Å². The van der Waals surface area contributed by atoms with Crippen LogP contribution in [0.25, 0.3) is 10.9 Å². The molecular weight excluding hydrogens is 342 g/mol. The van der Waals surface area contributed by atoms with E-state index in [1.807, 2.05) is 42.7 Å². The molecule has 4 heterocycles. The number of hydrazine groups is 1. The largest absolute Gasteiger partial charge is 0.373 e. The summed E-state index contributed by atoms with van der Waals surface area (Å²) in [4.78, 5) is 16.3. The molecule has 0 saturated carbocycles. The van der Waals surface area contributed by atoms with Crippen LogP contribution in [-0.4, -0.2) is 51.1 Å². The van der Waals surface area contributed by atoms with E-state index in [4.69, 9.17) is 9.97 Å². The normalized spacial score (nSPS) is 21.0. The van der Waals surface area contributed by atoms with Crippen LogP contribution < -0.4 is 16.2 Å². The fraction of sp³-hybridized carbons (Fsp3) is 0.316. The van der Waals surface area contributed by atoms with E-state index >= 15 is 0 Å². The van der Waals surface area contributed by atoms with Gasteiger partial charge in [0.25, 0.3) is 0 Å². The van der Waals surface area contributed by atoms with Gasteiger partial charge in [0.15, 0.2) is 11.6 Å². The molecule has 2 aliphatic heterocycles. The molecule has 0 amide bonds. The van der Waals surface area contributed by atoms with Crippen LogP contribution in [0.1, 0.15) is 29.2 Å². The molecule has 1 fully saturated rings. The molecule has 0 radical (unpaired) electrons. The average molecular weight is 363 g/mol. The lowest BCUT2D eigenvalue weighted by atomic mass is 10.0. The summed E-state index contributed by atoms with van der Waals surface area (Å²) < 4.78 is 0. The summed E-state index contributed by atoms with van der Waals surface area (Å²) in [6.07, 6.45) is 2.84. The van der Waals surface area contributed by atoms with Gasteiger partial charge in [0.05, 0.1) is 16.9 Å². The van der Waals surface area contributed by atoms with Crippen molar-refractivity contribution in [2.24, 2.45) is 0 Å². The maximum absolute atomic E-state index is 10.2. The molecule has 5 rings (SSSR count). The molecule has 2 atom stereocenters. The van der Waals surface area contributed by atoms with Crippen molar-refractivity contribution in [1.82, 2.24) is 30.6 Å². The Kier molecular flexibility index (Phi) is 4.17. The first kappa shape index (κ1) is 16.5. The highest BCUT2D eigenvalue weighted by atomic mass is 16.3. The number of nitrogens with zero attached hydrogens (tertiary/aromatic N) is 4. The Morgan fingerprint density at radius 1 is 1.07 bits per heavy atom. The highest BCUT2D eigenvalue weighted by Crippen LogP contribution is 2.34. The summed E-state index contributed by atoms with van der Waals surface area (Å²) in [5.74, 6) is 1.44. The zero-order chi connectivity index (χ0) is 18.2. The molecule has 2 aromatic heterocycles. The zero-order valence-corrected chi connectivity index (χ0v) is 14.8. The quantitative estimate of drug-likeness (QED) is 0.546. The molecule has 0 bridgehead atoms. The maximum Gasteiger partial charge on any atom is 0.153 e. The average Bonchev–Trinajstić information content (AvgIpc) is 2.72. The monoisotopic (exact) mass is 363 g/mol. The summed E-state index contributed by atoms with van der Waals surface area (Å²) in [6, 6.07) is 9.78. The third-order valence-electron chi connectivity index (χ3n) is 5.18. The number of hydrogen-bond acceptors (Lipinski definition) is 8. The number of anilines is 1. The van der Waals surface area contributed by atoms with Crippen molar-refractivity contribution in [2.45, 2.75) is 12.3 Å². The second kappa shape index (κ2) is 6.82. The van der Waals surface area contributed by atoms with Crippen molar-refractivity contribution in [3.8, 4) is 0 Å². The summed E-state index contributed by atoms with van der Waals surface area (Å²) in [6.45, 7) is 3.73. The van der Waals surface area contributed by atoms with Crippen LogP contribution >= 0.6 is 0 Å². The third-order valence-corrected chi connectivity index (χ3v) is 5.18. The number of aromatic nitrogens is 3. The number of aliphatic hydroxyl groups is 1. The fourth-order valence-electron chi connectivity index (χ4n) is 3.89. The van der Waals surface area contributed by atoms with Crippen LogP contribution in [0.2, 0.25) is 0 Å². The molecule has 3 aromatic rings. The van der Waals surface area contributed by atoms with Crippen molar-refractivity contribution in [3.05, 3.63) is 59.7 Å². The summed E-state index contributed by atoms with van der Waals surface area (Å²) >= 11 is 0. The van der Waals surface area contributed by atoms with Crippen molar-refractivity contribution in [2.75, 3.05) is 31.6 Å². The van der Waals surface area contributed by atoms with E-state index in [-0.39, 0.29) is 6.04 Å².